The summed E-state index contributed by atoms with van der Waals surface area (Å²) in [6.07, 6.45) is 0. The Morgan fingerprint density at radius 3 is 2.29 bits per heavy atom. The third-order valence-electron chi connectivity index (χ3n) is 3.54. The number of primary amides is 1. The van der Waals surface area contributed by atoms with Crippen molar-refractivity contribution in [2.24, 2.45) is 11.7 Å². The molecule has 1 aliphatic rings. The smallest absolute Gasteiger partial charge is 0.248 e. The molecule has 21 heavy (non-hydrogen) atoms. The van der Waals surface area contributed by atoms with E-state index in [0.29, 0.717) is 25.4 Å². The van der Waals surface area contributed by atoms with Gasteiger partial charge in [0, 0.05) is 11.5 Å². The van der Waals surface area contributed by atoms with E-state index < -0.39 is 11.7 Å². The van der Waals surface area contributed by atoms with Crippen molar-refractivity contribution in [2.45, 2.75) is 33.5 Å². The lowest BCUT2D eigenvalue weighted by Gasteiger charge is -2.34. The van der Waals surface area contributed by atoms with Gasteiger partial charge >= 0.3 is 0 Å². The molecule has 1 saturated heterocycles. The highest BCUT2D eigenvalue weighted by Gasteiger charge is 2.28. The van der Waals surface area contributed by atoms with Crippen LogP contribution in [0.15, 0.2) is 12.1 Å². The Balaban J connectivity index is 1.99. The summed E-state index contributed by atoms with van der Waals surface area (Å²) in [4.78, 5) is 11.2. The van der Waals surface area contributed by atoms with Crippen molar-refractivity contribution in [2.75, 3.05) is 19.8 Å². The molecule has 1 heterocycles. The monoisotopic (exact) mass is 293 g/mol. The Bertz CT molecular complexity index is 506. The normalized spacial score (nSPS) is 18.5. The van der Waals surface area contributed by atoms with Gasteiger partial charge in [-0.15, -0.1) is 0 Å². The SMILES string of the molecule is Cc1cc(C(N)=O)cc(C)c1OCC1COC(C)(C)OC1. The number of carbonyl (C=O) groups is 1. The first-order valence-electron chi connectivity index (χ1n) is 7.10. The van der Waals surface area contributed by atoms with Crippen LogP contribution in [0, 0.1) is 19.8 Å². The average molecular weight is 293 g/mol. The van der Waals surface area contributed by atoms with Crippen LogP contribution >= 0.6 is 0 Å². The molecular weight excluding hydrogens is 270 g/mol. The van der Waals surface area contributed by atoms with Crippen molar-refractivity contribution < 1.29 is 19.0 Å². The maximum absolute atomic E-state index is 11.2. The summed E-state index contributed by atoms with van der Waals surface area (Å²) < 4.78 is 17.1. The third kappa shape index (κ3) is 3.95. The molecule has 0 aromatic heterocycles. The molecule has 5 heteroatoms. The number of benzene rings is 1. The van der Waals surface area contributed by atoms with Gasteiger partial charge in [0.2, 0.25) is 5.91 Å². The maximum Gasteiger partial charge on any atom is 0.248 e. The molecule has 2 rings (SSSR count). The molecule has 0 bridgehead atoms. The fraction of sp³-hybridized carbons (Fsp3) is 0.562. The first-order chi connectivity index (χ1) is 9.78. The van der Waals surface area contributed by atoms with E-state index >= 15 is 0 Å². The van der Waals surface area contributed by atoms with Gasteiger partial charge in [-0.05, 0) is 51.0 Å². The van der Waals surface area contributed by atoms with E-state index in [0.717, 1.165) is 16.9 Å². The Labute approximate surface area is 125 Å². The number of carbonyl (C=O) groups excluding carboxylic acids is 1. The number of hydrogen-bond acceptors (Lipinski definition) is 4. The van der Waals surface area contributed by atoms with Gasteiger partial charge in [-0.1, -0.05) is 0 Å². The molecule has 0 saturated carbocycles. The topological polar surface area (TPSA) is 70.8 Å². The number of amides is 1. The molecule has 0 spiro atoms. The van der Waals surface area contributed by atoms with Crippen LogP contribution in [0.3, 0.4) is 0 Å². The molecule has 1 amide bonds. The van der Waals surface area contributed by atoms with Crippen LogP contribution in [0.25, 0.3) is 0 Å². The molecule has 0 atom stereocenters. The average Bonchev–Trinajstić information content (AvgIpc) is 2.39. The second kappa shape index (κ2) is 6.03. The van der Waals surface area contributed by atoms with Gasteiger partial charge in [0.25, 0.3) is 0 Å². The minimum absolute atomic E-state index is 0.202. The highest BCUT2D eigenvalue weighted by Crippen LogP contribution is 2.26. The Morgan fingerprint density at radius 2 is 1.81 bits per heavy atom. The molecule has 2 N–H and O–H groups in total. The maximum atomic E-state index is 11.2. The van der Waals surface area contributed by atoms with Crippen molar-refractivity contribution >= 4 is 5.91 Å². The van der Waals surface area contributed by atoms with E-state index in [4.69, 9.17) is 19.9 Å². The highest BCUT2D eigenvalue weighted by molar-refractivity contribution is 5.93. The number of nitrogens with two attached hydrogens (primary N) is 1. The van der Waals surface area contributed by atoms with Gasteiger partial charge in [-0.2, -0.15) is 0 Å². The van der Waals surface area contributed by atoms with Crippen molar-refractivity contribution in [3.8, 4) is 5.75 Å². The quantitative estimate of drug-likeness (QED) is 0.923. The largest absolute Gasteiger partial charge is 0.493 e. The van der Waals surface area contributed by atoms with Gasteiger partial charge in [-0.3, -0.25) is 4.79 Å². The van der Waals surface area contributed by atoms with Gasteiger partial charge < -0.3 is 19.9 Å². The first kappa shape index (κ1) is 15.8. The molecule has 0 radical (unpaired) electrons. The molecule has 5 nitrogen and oxygen atoms in total. The van der Waals surface area contributed by atoms with Crippen molar-refractivity contribution in [1.82, 2.24) is 0 Å². The number of ether oxygens (including phenoxy) is 3. The molecule has 1 aliphatic heterocycles. The molecule has 1 aromatic carbocycles. The minimum atomic E-state index is -0.508. The summed E-state index contributed by atoms with van der Waals surface area (Å²) in [6, 6.07) is 3.50. The predicted octanol–water partition coefficient (Wildman–Crippen LogP) is 2.18. The van der Waals surface area contributed by atoms with Gasteiger partial charge in [0.05, 0.1) is 19.8 Å². The first-order valence-corrected chi connectivity index (χ1v) is 7.10. The van der Waals surface area contributed by atoms with E-state index in [1.54, 1.807) is 12.1 Å². The van der Waals surface area contributed by atoms with Crippen molar-refractivity contribution in [3.05, 3.63) is 28.8 Å². The van der Waals surface area contributed by atoms with E-state index in [1.807, 2.05) is 27.7 Å². The second-order valence-electron chi connectivity index (χ2n) is 6.00. The zero-order chi connectivity index (χ0) is 15.6. The molecule has 0 unspecified atom stereocenters. The third-order valence-corrected chi connectivity index (χ3v) is 3.54. The number of aryl methyl sites for hydroxylation is 2. The van der Waals surface area contributed by atoms with E-state index in [1.165, 1.54) is 0 Å². The summed E-state index contributed by atoms with van der Waals surface area (Å²) >= 11 is 0. The van der Waals surface area contributed by atoms with Gasteiger partial charge in [0.15, 0.2) is 5.79 Å². The fourth-order valence-corrected chi connectivity index (χ4v) is 2.34. The Kier molecular flexibility index (Phi) is 4.54. The minimum Gasteiger partial charge on any atom is -0.493 e. The molecule has 1 aromatic rings. The summed E-state index contributed by atoms with van der Waals surface area (Å²) in [5.74, 6) is 0.0624. The zero-order valence-electron chi connectivity index (χ0n) is 13.1. The molecule has 0 aliphatic carbocycles. The van der Waals surface area contributed by atoms with Crippen LogP contribution in [0.4, 0.5) is 0 Å². The summed E-state index contributed by atoms with van der Waals surface area (Å²) in [6.45, 7) is 9.38. The predicted molar refractivity (Wildman–Crippen MR) is 79.4 cm³/mol. The molecular formula is C16H23NO4. The lowest BCUT2D eigenvalue weighted by molar-refractivity contribution is -0.264. The zero-order valence-corrected chi connectivity index (χ0v) is 13.1. The Hall–Kier alpha value is -1.59. The summed E-state index contributed by atoms with van der Waals surface area (Å²) in [7, 11) is 0. The summed E-state index contributed by atoms with van der Waals surface area (Å²) in [5.41, 5.74) is 7.62. The second-order valence-corrected chi connectivity index (χ2v) is 6.00. The highest BCUT2D eigenvalue weighted by atomic mass is 16.7. The van der Waals surface area contributed by atoms with Gasteiger partial charge in [-0.25, -0.2) is 0 Å². The lowest BCUT2D eigenvalue weighted by Crippen LogP contribution is -2.41. The van der Waals surface area contributed by atoms with Crippen molar-refractivity contribution in [1.29, 1.82) is 0 Å². The summed E-state index contributed by atoms with van der Waals surface area (Å²) in [5, 5.41) is 0. The van der Waals surface area contributed by atoms with Crippen molar-refractivity contribution in [3.63, 3.8) is 0 Å². The van der Waals surface area contributed by atoms with Crippen LogP contribution in [-0.2, 0) is 9.47 Å². The standard InChI is InChI=1S/C16H23NO4/c1-10-5-13(15(17)18)6-11(2)14(10)19-7-12-8-20-16(3,4)21-9-12/h5-6,12H,7-9H2,1-4H3,(H2,17,18). The van der Waals surface area contributed by atoms with E-state index in [9.17, 15) is 4.79 Å². The molecule has 116 valence electrons. The van der Waals surface area contributed by atoms with Crippen LogP contribution < -0.4 is 10.5 Å². The Morgan fingerprint density at radius 1 is 1.29 bits per heavy atom. The number of rotatable bonds is 4. The van der Waals surface area contributed by atoms with Crippen LogP contribution in [0.2, 0.25) is 0 Å². The van der Waals surface area contributed by atoms with E-state index in [-0.39, 0.29) is 5.92 Å². The fourth-order valence-electron chi connectivity index (χ4n) is 2.34. The van der Waals surface area contributed by atoms with Gasteiger partial charge in [0.1, 0.15) is 5.75 Å². The lowest BCUT2D eigenvalue weighted by atomic mass is 10.1. The van der Waals surface area contributed by atoms with Crippen LogP contribution in [0.5, 0.6) is 5.75 Å². The van der Waals surface area contributed by atoms with Crippen LogP contribution in [-0.4, -0.2) is 31.5 Å². The van der Waals surface area contributed by atoms with Crippen LogP contribution in [0.1, 0.15) is 35.3 Å². The molecule has 1 fully saturated rings. The number of hydrogen-bond donors (Lipinski definition) is 1. The van der Waals surface area contributed by atoms with E-state index in [2.05, 4.69) is 0 Å².